The number of hydrogen-bond acceptors (Lipinski definition) is 1. The summed E-state index contributed by atoms with van der Waals surface area (Å²) >= 11 is 0. The van der Waals surface area contributed by atoms with E-state index in [0.29, 0.717) is 11.8 Å². The average molecular weight is 198 g/mol. The van der Waals surface area contributed by atoms with Gasteiger partial charge in [0.1, 0.15) is 0 Å². The molecule has 14 heavy (non-hydrogen) atoms. The van der Waals surface area contributed by atoms with Crippen molar-refractivity contribution in [1.82, 2.24) is 0 Å². The molecule has 82 valence electrons. The molecule has 0 aromatic carbocycles. The first-order chi connectivity index (χ1) is 6.61. The molecule has 1 saturated carbocycles. The zero-order chi connectivity index (χ0) is 10.6. The molecule has 2 atom stereocenters. The van der Waals surface area contributed by atoms with Crippen LogP contribution in [0.4, 0.5) is 0 Å². The van der Waals surface area contributed by atoms with E-state index in [-0.39, 0.29) is 5.92 Å². The Hall–Kier alpha value is -0.530. The van der Waals surface area contributed by atoms with Gasteiger partial charge in [0.25, 0.3) is 0 Å². The van der Waals surface area contributed by atoms with Crippen LogP contribution in [0.5, 0.6) is 0 Å². The molecular weight excluding hydrogens is 176 g/mol. The van der Waals surface area contributed by atoms with Crippen molar-refractivity contribution < 1.29 is 9.90 Å². The first-order valence-electron chi connectivity index (χ1n) is 5.84. The second-order valence-corrected chi connectivity index (χ2v) is 4.96. The summed E-state index contributed by atoms with van der Waals surface area (Å²) in [5.74, 6) is 0.524. The molecule has 0 amide bonds. The van der Waals surface area contributed by atoms with Crippen LogP contribution in [0.1, 0.15) is 52.4 Å². The molecule has 0 radical (unpaired) electrons. The van der Waals surface area contributed by atoms with Gasteiger partial charge >= 0.3 is 5.97 Å². The van der Waals surface area contributed by atoms with Crippen molar-refractivity contribution in [3.8, 4) is 0 Å². The Balaban J connectivity index is 2.42. The van der Waals surface area contributed by atoms with Gasteiger partial charge in [-0.05, 0) is 31.1 Å². The van der Waals surface area contributed by atoms with Crippen LogP contribution in [0.3, 0.4) is 0 Å². The lowest BCUT2D eigenvalue weighted by atomic mass is 9.76. The fourth-order valence-electron chi connectivity index (χ4n) is 2.43. The molecule has 0 spiro atoms. The minimum absolute atomic E-state index is 0.0532. The van der Waals surface area contributed by atoms with Gasteiger partial charge in [-0.15, -0.1) is 0 Å². The monoisotopic (exact) mass is 198 g/mol. The Morgan fingerprint density at radius 2 is 2.00 bits per heavy atom. The normalized spacial score (nSPS) is 27.9. The van der Waals surface area contributed by atoms with Gasteiger partial charge in [-0.25, -0.2) is 0 Å². The van der Waals surface area contributed by atoms with Crippen molar-refractivity contribution >= 4 is 5.97 Å². The Labute approximate surface area is 86.7 Å². The highest BCUT2D eigenvalue weighted by Gasteiger charge is 2.30. The third-order valence-corrected chi connectivity index (χ3v) is 3.34. The molecule has 0 aromatic heterocycles. The molecule has 0 aromatic rings. The van der Waals surface area contributed by atoms with E-state index in [4.69, 9.17) is 5.11 Å². The highest BCUT2D eigenvalue weighted by atomic mass is 16.4. The van der Waals surface area contributed by atoms with E-state index < -0.39 is 5.97 Å². The highest BCUT2D eigenvalue weighted by molar-refractivity contribution is 5.70. The third-order valence-electron chi connectivity index (χ3n) is 3.34. The summed E-state index contributed by atoms with van der Waals surface area (Å²) < 4.78 is 0. The van der Waals surface area contributed by atoms with Gasteiger partial charge in [-0.2, -0.15) is 0 Å². The number of rotatable bonds is 4. The van der Waals surface area contributed by atoms with Crippen LogP contribution in [-0.2, 0) is 4.79 Å². The fourth-order valence-corrected chi connectivity index (χ4v) is 2.43. The number of carboxylic acid groups (broad SMARTS) is 1. The molecule has 0 heterocycles. The van der Waals surface area contributed by atoms with Crippen molar-refractivity contribution in [1.29, 1.82) is 0 Å². The van der Waals surface area contributed by atoms with Crippen molar-refractivity contribution in [2.75, 3.05) is 0 Å². The molecule has 0 unspecified atom stereocenters. The summed E-state index contributed by atoms with van der Waals surface area (Å²) in [6, 6.07) is 0. The lowest BCUT2D eigenvalue weighted by Crippen LogP contribution is -2.27. The summed E-state index contributed by atoms with van der Waals surface area (Å²) in [4.78, 5) is 11.0. The van der Waals surface area contributed by atoms with E-state index in [9.17, 15) is 4.79 Å². The van der Waals surface area contributed by atoms with E-state index in [0.717, 1.165) is 25.7 Å². The van der Waals surface area contributed by atoms with Gasteiger partial charge in [0.15, 0.2) is 0 Å². The third kappa shape index (κ3) is 3.32. The summed E-state index contributed by atoms with van der Waals surface area (Å²) in [6.45, 7) is 4.41. The van der Waals surface area contributed by atoms with E-state index in [1.165, 1.54) is 12.8 Å². The molecule has 2 heteroatoms. The Morgan fingerprint density at radius 1 is 1.36 bits per heavy atom. The summed E-state index contributed by atoms with van der Waals surface area (Å²) in [5, 5.41) is 9.07. The minimum Gasteiger partial charge on any atom is -0.481 e. The maximum atomic E-state index is 11.0. The smallest absolute Gasteiger partial charge is 0.306 e. The van der Waals surface area contributed by atoms with Crippen LogP contribution in [0.25, 0.3) is 0 Å². The average Bonchev–Trinajstić information content (AvgIpc) is 2.15. The Morgan fingerprint density at radius 3 is 2.57 bits per heavy atom. The molecule has 1 aliphatic carbocycles. The van der Waals surface area contributed by atoms with Crippen LogP contribution in [0.15, 0.2) is 0 Å². The first kappa shape index (κ1) is 11.5. The quantitative estimate of drug-likeness (QED) is 0.752. The SMILES string of the molecule is CC(C)CC[C@H]1CCCC[C@H]1C(=O)O. The zero-order valence-electron chi connectivity index (χ0n) is 9.33. The molecule has 2 nitrogen and oxygen atoms in total. The molecule has 1 rings (SSSR count). The van der Waals surface area contributed by atoms with Crippen molar-refractivity contribution in [2.24, 2.45) is 17.8 Å². The van der Waals surface area contributed by atoms with E-state index in [1.54, 1.807) is 0 Å². The lowest BCUT2D eigenvalue weighted by Gasteiger charge is -2.28. The molecule has 1 aliphatic rings. The fraction of sp³-hybridized carbons (Fsp3) is 0.917. The summed E-state index contributed by atoms with van der Waals surface area (Å²) in [6.07, 6.45) is 6.65. The van der Waals surface area contributed by atoms with E-state index in [1.807, 2.05) is 0 Å². The predicted octanol–water partition coefficient (Wildman–Crippen LogP) is 3.31. The van der Waals surface area contributed by atoms with Gasteiger partial charge in [0.2, 0.25) is 0 Å². The van der Waals surface area contributed by atoms with E-state index >= 15 is 0 Å². The number of carboxylic acids is 1. The molecular formula is C12H22O2. The van der Waals surface area contributed by atoms with Crippen LogP contribution in [-0.4, -0.2) is 11.1 Å². The minimum atomic E-state index is -0.571. The largest absolute Gasteiger partial charge is 0.481 e. The molecule has 1 N–H and O–H groups in total. The summed E-state index contributed by atoms with van der Waals surface area (Å²) in [7, 11) is 0. The number of carbonyl (C=O) groups is 1. The van der Waals surface area contributed by atoms with Crippen LogP contribution in [0.2, 0.25) is 0 Å². The molecule has 0 aliphatic heterocycles. The number of aliphatic carboxylic acids is 1. The lowest BCUT2D eigenvalue weighted by molar-refractivity contribution is -0.145. The van der Waals surface area contributed by atoms with Gasteiger partial charge in [0.05, 0.1) is 5.92 Å². The van der Waals surface area contributed by atoms with Crippen LogP contribution in [0, 0.1) is 17.8 Å². The summed E-state index contributed by atoms with van der Waals surface area (Å²) in [5.41, 5.74) is 0. The molecule has 0 saturated heterocycles. The maximum Gasteiger partial charge on any atom is 0.306 e. The van der Waals surface area contributed by atoms with Gasteiger partial charge in [0, 0.05) is 0 Å². The standard InChI is InChI=1S/C12H22O2/c1-9(2)7-8-10-5-3-4-6-11(10)12(13)14/h9-11H,3-8H2,1-2H3,(H,13,14)/t10-,11-/m1/s1. The van der Waals surface area contributed by atoms with Crippen LogP contribution < -0.4 is 0 Å². The van der Waals surface area contributed by atoms with Crippen molar-refractivity contribution in [2.45, 2.75) is 52.4 Å². The second kappa shape index (κ2) is 5.38. The second-order valence-electron chi connectivity index (χ2n) is 4.96. The first-order valence-corrected chi connectivity index (χ1v) is 5.84. The van der Waals surface area contributed by atoms with Gasteiger partial charge in [-0.3, -0.25) is 4.79 Å². The zero-order valence-corrected chi connectivity index (χ0v) is 9.33. The maximum absolute atomic E-state index is 11.0. The predicted molar refractivity (Wildman–Crippen MR) is 57.2 cm³/mol. The van der Waals surface area contributed by atoms with Crippen LogP contribution >= 0.6 is 0 Å². The topological polar surface area (TPSA) is 37.3 Å². The Kier molecular flexibility index (Phi) is 4.43. The van der Waals surface area contributed by atoms with Gasteiger partial charge in [-0.1, -0.05) is 33.1 Å². The van der Waals surface area contributed by atoms with Crippen molar-refractivity contribution in [3.05, 3.63) is 0 Å². The van der Waals surface area contributed by atoms with Gasteiger partial charge < -0.3 is 5.11 Å². The Bertz CT molecular complexity index is 187. The molecule has 1 fully saturated rings. The van der Waals surface area contributed by atoms with E-state index in [2.05, 4.69) is 13.8 Å². The van der Waals surface area contributed by atoms with Crippen molar-refractivity contribution in [3.63, 3.8) is 0 Å². The highest BCUT2D eigenvalue weighted by Crippen LogP contribution is 2.34. The molecule has 0 bridgehead atoms. The number of hydrogen-bond donors (Lipinski definition) is 1.